The SMILES string of the molecule is CCCCc1nc2cccc(C(=O)O)c2n1Cc1ccc(-c2ccccc2-c2nnnn2C)cc1.CCCCc1ncc(/C=C(\Cc2cccs2)C(=O)O)n1Cc1ccc(C(=O)O)cc1.CCCc1nc(C(F)(F)C(F)(F)F)c(C(=O)O)n1Cc1ccc(-c2ccccc2-c2nnnn2C)cc1.CCCc1nc2c(C)cc(-c3nc4ccccc4n3C)cc2n1Cc1ccc(-c2ccccc2C(=O)O)cc1. The number of tetrazole rings is 2. The molecule has 18 aromatic rings. The first-order valence-corrected chi connectivity index (χ1v) is 46.8. The van der Waals surface area contributed by atoms with Gasteiger partial charge in [-0.2, -0.15) is 22.0 Å². The molecule has 0 aliphatic heterocycles. The number of fused-ring (bicyclic) bond motifs is 3. The number of aromatic carboxylic acids is 4. The number of para-hydroxylation sites is 3. The summed E-state index contributed by atoms with van der Waals surface area (Å²) in [7, 11) is 5.59. The third kappa shape index (κ3) is 22.3. The van der Waals surface area contributed by atoms with Gasteiger partial charge in [0.1, 0.15) is 29.1 Å². The minimum Gasteiger partial charge on any atom is -0.478 e. The Balaban J connectivity index is 0.000000143. The third-order valence-corrected chi connectivity index (χ3v) is 25.1. The van der Waals surface area contributed by atoms with E-state index in [1.165, 1.54) is 16.0 Å². The zero-order valence-corrected chi connectivity index (χ0v) is 79.3. The molecular formula is C107H101F5N18O10S. The van der Waals surface area contributed by atoms with Crippen LogP contribution in [0.15, 0.2) is 254 Å². The lowest BCUT2D eigenvalue weighted by atomic mass is 9.98. The third-order valence-electron chi connectivity index (χ3n) is 24.2. The Morgan fingerprint density at radius 3 is 1.43 bits per heavy atom. The van der Waals surface area contributed by atoms with Crippen LogP contribution in [-0.4, -0.2) is 150 Å². The van der Waals surface area contributed by atoms with Gasteiger partial charge >= 0.3 is 41.9 Å². The van der Waals surface area contributed by atoms with Crippen LogP contribution in [0.25, 0.3) is 107 Å². The van der Waals surface area contributed by atoms with E-state index in [1.807, 2.05) is 120 Å². The summed E-state index contributed by atoms with van der Waals surface area (Å²) in [6.45, 7) is 11.7. The summed E-state index contributed by atoms with van der Waals surface area (Å²) in [5.41, 5.74) is 17.3. The summed E-state index contributed by atoms with van der Waals surface area (Å²) in [5.74, 6) is -6.22. The summed E-state index contributed by atoms with van der Waals surface area (Å²) < 4.78 is 80.3. The predicted octanol–water partition coefficient (Wildman–Crippen LogP) is 22.1. The minimum atomic E-state index is -5.99. The smallest absolute Gasteiger partial charge is 0.459 e. The zero-order valence-electron chi connectivity index (χ0n) is 78.5. The maximum absolute atomic E-state index is 14.2. The van der Waals surface area contributed by atoms with Gasteiger partial charge in [0, 0.05) is 107 Å². The number of unbranched alkanes of at least 4 members (excludes halogenated alkanes) is 2. The second-order valence-electron chi connectivity index (χ2n) is 33.9. The van der Waals surface area contributed by atoms with Crippen molar-refractivity contribution in [1.29, 1.82) is 0 Å². The summed E-state index contributed by atoms with van der Waals surface area (Å²) in [6.07, 6.45) is 5.71. The molecule has 720 valence electrons. The molecule has 0 fully saturated rings. The number of hydrogen-bond acceptors (Lipinski definition) is 17. The number of imidazole rings is 5. The number of carboxylic acid groups (broad SMARTS) is 5. The first kappa shape index (κ1) is 99.1. The van der Waals surface area contributed by atoms with Crippen molar-refractivity contribution in [2.75, 3.05) is 0 Å². The number of carbonyl (C=O) groups is 5. The van der Waals surface area contributed by atoms with Crippen LogP contribution in [0, 0.1) is 6.92 Å². The molecule has 0 atom stereocenters. The van der Waals surface area contributed by atoms with Gasteiger partial charge in [0.25, 0.3) is 0 Å². The molecule has 0 saturated heterocycles. The number of alkyl halides is 5. The van der Waals surface area contributed by atoms with E-state index < -0.39 is 53.3 Å². The first-order chi connectivity index (χ1) is 67.9. The van der Waals surface area contributed by atoms with Gasteiger partial charge in [0.05, 0.1) is 61.7 Å². The summed E-state index contributed by atoms with van der Waals surface area (Å²) in [4.78, 5) is 82.2. The number of nitrogens with zero attached hydrogens (tertiary/aromatic N) is 18. The van der Waals surface area contributed by atoms with E-state index in [2.05, 4.69) is 150 Å². The van der Waals surface area contributed by atoms with Crippen molar-refractivity contribution in [2.45, 2.75) is 144 Å². The Kier molecular flexibility index (Phi) is 30.9. The average Bonchev–Trinajstić information content (AvgIpc) is 1.60. The highest BCUT2D eigenvalue weighted by Crippen LogP contribution is 2.46. The van der Waals surface area contributed by atoms with Crippen molar-refractivity contribution in [3.05, 3.63) is 344 Å². The van der Waals surface area contributed by atoms with Gasteiger partial charge in [-0.25, -0.2) is 58.3 Å². The molecule has 0 spiro atoms. The van der Waals surface area contributed by atoms with Crippen LogP contribution in [0.2, 0.25) is 0 Å². The number of benzene rings is 10. The molecule has 0 unspecified atom stereocenters. The molecule has 141 heavy (non-hydrogen) atoms. The molecule has 0 aliphatic carbocycles. The van der Waals surface area contributed by atoms with E-state index in [0.717, 1.165) is 190 Å². The maximum Gasteiger partial charge on any atom is 0.459 e. The van der Waals surface area contributed by atoms with Crippen molar-refractivity contribution in [3.8, 4) is 67.5 Å². The molecule has 10 aromatic carbocycles. The second kappa shape index (κ2) is 44.0. The number of aromatic nitrogens is 18. The van der Waals surface area contributed by atoms with Crippen molar-refractivity contribution < 1.29 is 71.5 Å². The van der Waals surface area contributed by atoms with Gasteiger partial charge < -0.3 is 48.4 Å². The van der Waals surface area contributed by atoms with Crippen LogP contribution in [0.3, 0.4) is 0 Å². The van der Waals surface area contributed by atoms with Crippen LogP contribution in [-0.2, 0) is 90.1 Å². The average molecular weight is 1930 g/mol. The number of hydrogen-bond donors (Lipinski definition) is 5. The molecule has 0 amide bonds. The molecule has 34 heteroatoms. The van der Waals surface area contributed by atoms with Crippen LogP contribution in [0.4, 0.5) is 22.0 Å². The number of rotatable bonds is 33. The fourth-order valence-corrected chi connectivity index (χ4v) is 17.8. The molecule has 0 radical (unpaired) electrons. The lowest BCUT2D eigenvalue weighted by Gasteiger charge is -2.18. The lowest BCUT2D eigenvalue weighted by molar-refractivity contribution is -0.291. The van der Waals surface area contributed by atoms with Crippen LogP contribution in [0.5, 0.6) is 0 Å². The van der Waals surface area contributed by atoms with Crippen LogP contribution >= 0.6 is 11.3 Å². The Morgan fingerprint density at radius 1 is 0.426 bits per heavy atom. The molecule has 18 rings (SSSR count). The van der Waals surface area contributed by atoms with Crippen molar-refractivity contribution in [1.82, 2.24) is 88.2 Å². The van der Waals surface area contributed by atoms with Crippen LogP contribution in [0.1, 0.15) is 175 Å². The summed E-state index contributed by atoms with van der Waals surface area (Å²) in [5, 5.41) is 73.1. The first-order valence-electron chi connectivity index (χ1n) is 45.9. The molecule has 8 heterocycles. The van der Waals surface area contributed by atoms with Gasteiger partial charge in [0.15, 0.2) is 23.0 Å². The minimum absolute atomic E-state index is 0.0193. The number of halogens is 5. The largest absolute Gasteiger partial charge is 0.478 e. The molecule has 8 aromatic heterocycles. The molecule has 0 aliphatic rings. The Morgan fingerprint density at radius 2 is 0.915 bits per heavy atom. The van der Waals surface area contributed by atoms with Crippen molar-refractivity contribution >= 4 is 80.4 Å². The fourth-order valence-electron chi connectivity index (χ4n) is 17.1. The van der Waals surface area contributed by atoms with Gasteiger partial charge in [0.2, 0.25) is 0 Å². The fraction of sp³-hybridized carbons (Fsp3) is 0.234. The maximum atomic E-state index is 14.2. The second-order valence-corrected chi connectivity index (χ2v) is 35.0. The molecule has 28 nitrogen and oxygen atoms in total. The molecule has 5 N–H and O–H groups in total. The van der Waals surface area contributed by atoms with E-state index in [9.17, 15) is 66.4 Å². The molecular weight excluding hydrogens is 1820 g/mol. The van der Waals surface area contributed by atoms with Gasteiger partial charge in [-0.05, 0) is 187 Å². The standard InChI is InChI=1S/C33H30N4O2.C27H26N6O2.C24H21F5N6O2.C23H24N2O4S/c1-4-9-30-35-31-21(2)18-24(32-34-27-12-7-8-13-28(27)36(32)3)19-29(31)37(30)20-22-14-16-23(17-15-22)25-10-5-6-11-26(25)33(38)39;1-3-4-12-24-28-23-11-7-10-22(27(34)35)25(23)33(24)17-18-13-15-19(16-14-18)20-8-5-6-9-21(20)26-29-30-31-32(26)2;1-3-6-18-30-20(23(25,26)24(27,28)29)19(22(36)37)35(18)13-14-9-11-15(12-10-14)16-7-4-5-8-17(16)21-31-32-33-34(21)2;1-2-3-6-21-24-14-19(12-18(23(28)29)13-20-5-4-11-30-20)25(21)15-16-7-9-17(10-8-16)22(26)27/h5-8,10-19H,4,9,20H2,1-3H3,(H,38,39);5-11,13-16H,3-4,12,17H2,1-2H3,(H,34,35);4-5,7-12H,3,6,13H2,1-2H3,(H,36,37);4-5,7-12,14H,2-3,6,13,15H2,1H3,(H,26,27)(H,28,29)/b;;;18-12+. The van der Waals surface area contributed by atoms with Crippen molar-refractivity contribution in [2.24, 2.45) is 21.1 Å². The monoisotopic (exact) mass is 1920 g/mol. The van der Waals surface area contributed by atoms with E-state index >= 15 is 0 Å². The van der Waals surface area contributed by atoms with E-state index in [4.69, 9.17) is 20.1 Å². The zero-order chi connectivity index (χ0) is 99.9. The normalized spacial score (nSPS) is 11.6. The Bertz CT molecular complexity index is 7580. The molecule has 0 bridgehead atoms. The highest BCUT2D eigenvalue weighted by molar-refractivity contribution is 7.09. The highest BCUT2D eigenvalue weighted by atomic mass is 32.1. The van der Waals surface area contributed by atoms with E-state index in [-0.39, 0.29) is 29.9 Å². The topological polar surface area (TPSA) is 363 Å². The Labute approximate surface area is 811 Å². The highest BCUT2D eigenvalue weighted by Gasteiger charge is 2.62. The van der Waals surface area contributed by atoms with Crippen LogP contribution < -0.4 is 0 Å². The van der Waals surface area contributed by atoms with Crippen molar-refractivity contribution in [3.63, 3.8) is 0 Å². The predicted molar refractivity (Wildman–Crippen MR) is 529 cm³/mol. The van der Waals surface area contributed by atoms with E-state index in [0.29, 0.717) is 66.3 Å². The lowest BCUT2D eigenvalue weighted by Crippen LogP contribution is -2.35. The number of aryl methyl sites for hydroxylation is 8. The van der Waals surface area contributed by atoms with Gasteiger partial charge in [-0.1, -0.05) is 216 Å². The number of aliphatic carboxylic acids is 1. The summed E-state index contributed by atoms with van der Waals surface area (Å²) in [6, 6.07) is 74.3. The number of thiophene rings is 1. The van der Waals surface area contributed by atoms with E-state index in [1.54, 1.807) is 104 Å². The number of carboxylic acids is 5. The summed E-state index contributed by atoms with van der Waals surface area (Å²) >= 11 is 1.53. The molecule has 0 saturated carbocycles. The quantitative estimate of drug-likeness (QED) is 0.0188. The van der Waals surface area contributed by atoms with Gasteiger partial charge in [-0.3, -0.25) is 0 Å². The Hall–Kier alpha value is -16.4. The van der Waals surface area contributed by atoms with Gasteiger partial charge in [-0.15, -0.1) is 21.5 Å².